The first-order valence-electron chi connectivity index (χ1n) is 5.15. The molecule has 3 heteroatoms. The van der Waals surface area contributed by atoms with E-state index in [0.29, 0.717) is 5.92 Å². The largest absolute Gasteiger partial charge is 0.493 e. The Kier molecular flexibility index (Phi) is 4.68. The molecule has 0 fully saturated rings. The molecule has 0 bridgehead atoms. The summed E-state index contributed by atoms with van der Waals surface area (Å²) in [5, 5.41) is 3.97. The van der Waals surface area contributed by atoms with Gasteiger partial charge in [0.1, 0.15) is 5.75 Å². The van der Waals surface area contributed by atoms with E-state index in [1.165, 1.54) is 0 Å². The number of nitrogens with zero attached hydrogens (tertiary/aromatic N) is 1. The first kappa shape index (κ1) is 11.6. The summed E-state index contributed by atoms with van der Waals surface area (Å²) < 4.78 is 5.68. The van der Waals surface area contributed by atoms with Crippen LogP contribution < -0.4 is 10.2 Å². The second-order valence-corrected chi connectivity index (χ2v) is 3.72. The number of hydrogen-bond donors (Lipinski definition) is 1. The van der Waals surface area contributed by atoms with E-state index >= 15 is 0 Å². The van der Waals surface area contributed by atoms with Crippen LogP contribution in [0.2, 0.25) is 0 Å². The molecule has 0 radical (unpaired) electrons. The molecule has 1 aromatic rings. The van der Waals surface area contributed by atoms with Gasteiger partial charge in [-0.25, -0.2) is 0 Å². The normalized spacial score (nSPS) is 10.9. The van der Waals surface area contributed by atoms with Gasteiger partial charge in [0.15, 0.2) is 0 Å². The molecule has 1 N–H and O–H groups in total. The Balaban J connectivity index is 2.72. The van der Waals surface area contributed by atoms with Crippen molar-refractivity contribution in [2.75, 3.05) is 13.7 Å². The van der Waals surface area contributed by atoms with Crippen molar-refractivity contribution in [3.8, 4) is 5.75 Å². The number of hydrogen-bond acceptors (Lipinski definition) is 3. The van der Waals surface area contributed by atoms with E-state index in [9.17, 15) is 0 Å². The lowest BCUT2D eigenvalue weighted by Crippen LogP contribution is -2.06. The van der Waals surface area contributed by atoms with Gasteiger partial charge in [-0.05, 0) is 18.1 Å². The summed E-state index contributed by atoms with van der Waals surface area (Å²) in [5.74, 6) is 1.41. The molecule has 15 heavy (non-hydrogen) atoms. The second kappa shape index (κ2) is 6.06. The van der Waals surface area contributed by atoms with E-state index in [2.05, 4.69) is 24.4 Å². The van der Waals surface area contributed by atoms with Crippen LogP contribution >= 0.6 is 0 Å². The first-order valence-corrected chi connectivity index (χ1v) is 5.15. The van der Waals surface area contributed by atoms with Crippen molar-refractivity contribution in [3.05, 3.63) is 29.8 Å². The highest BCUT2D eigenvalue weighted by Gasteiger charge is 2.01. The second-order valence-electron chi connectivity index (χ2n) is 3.72. The Morgan fingerprint density at radius 2 is 2.13 bits per heavy atom. The van der Waals surface area contributed by atoms with Crippen molar-refractivity contribution in [1.29, 1.82) is 0 Å². The van der Waals surface area contributed by atoms with Gasteiger partial charge in [-0.2, -0.15) is 5.10 Å². The van der Waals surface area contributed by atoms with Gasteiger partial charge in [-0.1, -0.05) is 26.0 Å². The standard InChI is InChI=1S/C12H18N2O/c1-10(2)9-15-12-7-5-4-6-11(12)8-14-13-3/h4-8,10,13H,9H2,1-3H3/b14-8+. The minimum atomic E-state index is 0.527. The molecule has 0 heterocycles. The van der Waals surface area contributed by atoms with Gasteiger partial charge >= 0.3 is 0 Å². The third-order valence-electron chi connectivity index (χ3n) is 1.82. The fraction of sp³-hybridized carbons (Fsp3) is 0.417. The molecule has 0 saturated heterocycles. The molecule has 1 aromatic carbocycles. The summed E-state index contributed by atoms with van der Waals surface area (Å²) in [6.45, 7) is 4.99. The number of rotatable bonds is 5. The van der Waals surface area contributed by atoms with Gasteiger partial charge in [0.2, 0.25) is 0 Å². The maximum Gasteiger partial charge on any atom is 0.128 e. The summed E-state index contributed by atoms with van der Waals surface area (Å²) in [7, 11) is 1.77. The highest BCUT2D eigenvalue weighted by Crippen LogP contribution is 2.16. The lowest BCUT2D eigenvalue weighted by atomic mass is 10.2. The molecule has 0 spiro atoms. The van der Waals surface area contributed by atoms with Crippen molar-refractivity contribution in [1.82, 2.24) is 5.43 Å². The number of nitrogens with one attached hydrogen (secondary N) is 1. The average molecular weight is 206 g/mol. The van der Waals surface area contributed by atoms with Gasteiger partial charge in [-0.15, -0.1) is 0 Å². The van der Waals surface area contributed by atoms with Crippen LogP contribution in [0.15, 0.2) is 29.4 Å². The Morgan fingerprint density at radius 1 is 1.40 bits per heavy atom. The predicted molar refractivity (Wildman–Crippen MR) is 63.4 cm³/mol. The highest BCUT2D eigenvalue weighted by atomic mass is 16.5. The fourth-order valence-corrected chi connectivity index (χ4v) is 1.11. The van der Waals surface area contributed by atoms with E-state index < -0.39 is 0 Å². The van der Waals surface area contributed by atoms with Crippen molar-refractivity contribution in [2.24, 2.45) is 11.0 Å². The van der Waals surface area contributed by atoms with Crippen LogP contribution in [-0.2, 0) is 0 Å². The molecular weight excluding hydrogens is 188 g/mol. The fourth-order valence-electron chi connectivity index (χ4n) is 1.11. The Morgan fingerprint density at radius 3 is 2.80 bits per heavy atom. The van der Waals surface area contributed by atoms with Crippen LogP contribution in [0, 0.1) is 5.92 Å². The Bertz CT molecular complexity index is 321. The third kappa shape index (κ3) is 4.02. The van der Waals surface area contributed by atoms with Gasteiger partial charge in [0, 0.05) is 12.6 Å². The lowest BCUT2D eigenvalue weighted by molar-refractivity contribution is 0.270. The summed E-state index contributed by atoms with van der Waals surface area (Å²) >= 11 is 0. The molecular formula is C12H18N2O. The van der Waals surface area contributed by atoms with E-state index in [-0.39, 0.29) is 0 Å². The summed E-state index contributed by atoms with van der Waals surface area (Å²) in [5.41, 5.74) is 3.72. The zero-order valence-electron chi connectivity index (χ0n) is 9.53. The molecule has 82 valence electrons. The zero-order valence-corrected chi connectivity index (χ0v) is 9.53. The number of para-hydroxylation sites is 1. The maximum absolute atomic E-state index is 5.68. The van der Waals surface area contributed by atoms with Crippen LogP contribution in [0.4, 0.5) is 0 Å². The number of hydrazone groups is 1. The monoisotopic (exact) mass is 206 g/mol. The molecule has 0 aliphatic rings. The van der Waals surface area contributed by atoms with Gasteiger partial charge in [0.25, 0.3) is 0 Å². The van der Waals surface area contributed by atoms with Gasteiger partial charge in [0.05, 0.1) is 12.8 Å². The quantitative estimate of drug-likeness (QED) is 0.592. The molecule has 1 rings (SSSR count). The first-order chi connectivity index (χ1) is 7.24. The molecule has 0 aromatic heterocycles. The highest BCUT2D eigenvalue weighted by molar-refractivity contribution is 5.83. The Hall–Kier alpha value is -1.51. The molecule has 0 atom stereocenters. The van der Waals surface area contributed by atoms with Crippen molar-refractivity contribution >= 4 is 6.21 Å². The molecule has 3 nitrogen and oxygen atoms in total. The van der Waals surface area contributed by atoms with E-state index in [0.717, 1.165) is 17.9 Å². The van der Waals surface area contributed by atoms with E-state index in [1.54, 1.807) is 13.3 Å². The maximum atomic E-state index is 5.68. The van der Waals surface area contributed by atoms with E-state index in [1.807, 2.05) is 24.3 Å². The van der Waals surface area contributed by atoms with Crippen molar-refractivity contribution in [3.63, 3.8) is 0 Å². The third-order valence-corrected chi connectivity index (χ3v) is 1.82. The summed E-state index contributed by atoms with van der Waals surface area (Å²) in [6, 6.07) is 7.88. The van der Waals surface area contributed by atoms with Gasteiger partial charge < -0.3 is 10.2 Å². The summed E-state index contributed by atoms with van der Waals surface area (Å²) in [4.78, 5) is 0. The topological polar surface area (TPSA) is 33.6 Å². The van der Waals surface area contributed by atoms with Crippen LogP contribution in [0.25, 0.3) is 0 Å². The van der Waals surface area contributed by atoms with Gasteiger partial charge in [-0.3, -0.25) is 0 Å². The van der Waals surface area contributed by atoms with Crippen LogP contribution in [0.5, 0.6) is 5.75 Å². The number of benzene rings is 1. The van der Waals surface area contributed by atoms with Crippen LogP contribution in [-0.4, -0.2) is 19.9 Å². The minimum Gasteiger partial charge on any atom is -0.493 e. The van der Waals surface area contributed by atoms with Crippen LogP contribution in [0.3, 0.4) is 0 Å². The lowest BCUT2D eigenvalue weighted by Gasteiger charge is -2.10. The van der Waals surface area contributed by atoms with Crippen molar-refractivity contribution < 1.29 is 4.74 Å². The molecule has 0 amide bonds. The smallest absolute Gasteiger partial charge is 0.128 e. The van der Waals surface area contributed by atoms with E-state index in [4.69, 9.17) is 4.74 Å². The Labute approximate surface area is 91.1 Å². The van der Waals surface area contributed by atoms with Crippen molar-refractivity contribution in [2.45, 2.75) is 13.8 Å². The summed E-state index contributed by atoms with van der Waals surface area (Å²) in [6.07, 6.45) is 1.76. The molecule has 0 unspecified atom stereocenters. The van der Waals surface area contributed by atoms with Crippen LogP contribution in [0.1, 0.15) is 19.4 Å². The minimum absolute atomic E-state index is 0.527. The SMILES string of the molecule is CN/N=C/c1ccccc1OCC(C)C. The zero-order chi connectivity index (χ0) is 11.1. The molecule has 0 aliphatic heterocycles. The predicted octanol–water partition coefficient (Wildman–Crippen LogP) is 2.27. The average Bonchev–Trinajstić information content (AvgIpc) is 2.24. The molecule has 0 saturated carbocycles. The molecule has 0 aliphatic carbocycles. The number of ether oxygens (including phenoxy) is 1.